The van der Waals surface area contributed by atoms with Gasteiger partial charge in [-0.1, -0.05) is 141 Å². The third-order valence-corrected chi connectivity index (χ3v) is 19.5. The number of aryl methyl sites for hydroxylation is 4. The molecule has 0 saturated heterocycles. The number of carbonyl (C=O) groups excluding carboxylic acids is 3. The van der Waals surface area contributed by atoms with Gasteiger partial charge in [-0.05, 0) is 126 Å². The molecule has 0 radical (unpaired) electrons. The molecule has 12 aromatic rings. The zero-order valence-electron chi connectivity index (χ0n) is 56.6. The molecule has 510 valence electrons. The highest BCUT2D eigenvalue weighted by Gasteiger charge is 2.29. The van der Waals surface area contributed by atoms with E-state index in [2.05, 4.69) is 45.9 Å². The number of halogens is 2. The van der Waals surface area contributed by atoms with Crippen LogP contribution in [0.15, 0.2) is 146 Å². The number of hydrogen-bond donors (Lipinski definition) is 6. The van der Waals surface area contributed by atoms with Crippen molar-refractivity contribution < 1.29 is 23.2 Å². The monoisotopic (exact) mass is 1340 g/mol. The Hall–Kier alpha value is -11.4. The predicted octanol–water partition coefficient (Wildman–Crippen LogP) is 14.4. The summed E-state index contributed by atoms with van der Waals surface area (Å²) >= 11 is 0. The number of anilines is 3. The summed E-state index contributed by atoms with van der Waals surface area (Å²) in [7, 11) is 0. The van der Waals surface area contributed by atoms with E-state index in [-0.39, 0.29) is 48.9 Å². The fraction of sp³-hybridized carbons (Fsp3) is 0.299. The van der Waals surface area contributed by atoms with Gasteiger partial charge in [-0.2, -0.15) is 15.3 Å². The van der Waals surface area contributed by atoms with Gasteiger partial charge < -0.3 is 33.2 Å². The van der Waals surface area contributed by atoms with E-state index < -0.39 is 11.6 Å². The van der Waals surface area contributed by atoms with Gasteiger partial charge in [0, 0.05) is 57.6 Å². The molecule has 6 aromatic heterocycles. The van der Waals surface area contributed by atoms with Gasteiger partial charge in [-0.25, -0.2) is 52.7 Å². The first-order valence-corrected chi connectivity index (χ1v) is 34.2. The molecule has 0 bridgehead atoms. The first-order chi connectivity index (χ1) is 48.5. The van der Waals surface area contributed by atoms with E-state index in [1.807, 2.05) is 134 Å². The lowest BCUT2D eigenvalue weighted by molar-refractivity contribution is 0.0933. The number of nitrogens with zero attached hydrogens (tertiary/aromatic N) is 12. The Morgan fingerprint density at radius 1 is 0.450 bits per heavy atom. The van der Waals surface area contributed by atoms with Crippen molar-refractivity contribution in [3.63, 3.8) is 0 Å². The van der Waals surface area contributed by atoms with Crippen molar-refractivity contribution in [1.29, 1.82) is 0 Å². The Kier molecular flexibility index (Phi) is 19.7. The highest BCUT2D eigenvalue weighted by molar-refractivity contribution is 6.01. The lowest BCUT2D eigenvalue weighted by atomic mass is 10.0. The Bertz CT molecular complexity index is 5030. The van der Waals surface area contributed by atoms with E-state index in [0.29, 0.717) is 95.9 Å². The Labute approximate surface area is 577 Å². The Balaban J connectivity index is 0.000000134. The molecule has 1 atom stereocenters. The highest BCUT2D eigenvalue weighted by Crippen LogP contribution is 2.41. The van der Waals surface area contributed by atoms with Crippen LogP contribution in [0.4, 0.5) is 26.2 Å². The number of carbonyl (C=O) groups is 3. The van der Waals surface area contributed by atoms with Crippen LogP contribution >= 0.6 is 0 Å². The van der Waals surface area contributed by atoms with Crippen molar-refractivity contribution in [3.05, 3.63) is 214 Å². The van der Waals surface area contributed by atoms with E-state index in [4.69, 9.17) is 32.5 Å². The number of nitrogen functional groups attached to an aromatic ring is 3. The van der Waals surface area contributed by atoms with Gasteiger partial charge in [0.1, 0.15) is 65.2 Å². The van der Waals surface area contributed by atoms with Crippen molar-refractivity contribution in [2.24, 2.45) is 0 Å². The maximum absolute atomic E-state index is 15.1. The molecule has 0 aliphatic heterocycles. The molecule has 100 heavy (non-hydrogen) atoms. The standard InChI is InChI=1S/C26H27FN6O.C26H28N6O.C25H25FN6O/c1-15-7-8-16(2)20(11-15)26(34)29-13-18-10-9-17(12-21(18)27)23-22-24(28)30-14-31-25(22)33(32-23)19-5-3-4-6-19;1-16-7-3-6-10-21(16)26(33)30-17(2)18-11-13-19(14-12-18)23-22-24(27)28-15-29-25(22)32(31-23)20-8-4-5-9-20;1-15-6-2-5-9-19(15)25(33)28-13-17-11-10-16(12-20(17)26)22-21-23(27)29-14-30-24(21)32(31-22)18-7-3-4-8-18/h7-12,14,19H,3-6,13H2,1-2H3,(H,29,34)(H2,28,30,31);3,6-7,10-15,17,20H,4-5,8-9H2,1-2H3,(H,30,33)(H2,27,28,29);2,5-6,9-12,14,18H,3-4,7-8,13H2,1H3,(H,28,33)(H2,27,29,30). The lowest BCUT2D eigenvalue weighted by Gasteiger charge is -2.16. The van der Waals surface area contributed by atoms with Crippen LogP contribution < -0.4 is 33.2 Å². The van der Waals surface area contributed by atoms with Gasteiger partial charge in [-0.3, -0.25) is 14.4 Å². The quantitative estimate of drug-likeness (QED) is 0.0556. The number of rotatable bonds is 15. The molecule has 3 fully saturated rings. The molecule has 3 aliphatic carbocycles. The third-order valence-electron chi connectivity index (χ3n) is 19.5. The average molecular weight is 1340 g/mol. The molecule has 21 nitrogen and oxygen atoms in total. The minimum absolute atomic E-state index is 0.0732. The minimum Gasteiger partial charge on any atom is -0.383 e. The van der Waals surface area contributed by atoms with Crippen LogP contribution in [0, 0.1) is 39.3 Å². The van der Waals surface area contributed by atoms with Crippen molar-refractivity contribution in [2.45, 2.75) is 149 Å². The number of amides is 3. The second-order valence-corrected chi connectivity index (χ2v) is 26.3. The van der Waals surface area contributed by atoms with Crippen molar-refractivity contribution >= 4 is 68.3 Å². The number of nitrogens with one attached hydrogen (secondary N) is 3. The van der Waals surface area contributed by atoms with Crippen LogP contribution in [-0.4, -0.2) is 77.0 Å². The lowest BCUT2D eigenvalue weighted by Crippen LogP contribution is -2.27. The number of benzene rings is 6. The van der Waals surface area contributed by atoms with E-state index in [0.717, 1.165) is 114 Å². The zero-order chi connectivity index (χ0) is 69.7. The number of nitrogens with two attached hydrogens (primary N) is 3. The van der Waals surface area contributed by atoms with Gasteiger partial charge in [0.05, 0.1) is 40.3 Å². The molecule has 1 unspecified atom stereocenters. The summed E-state index contributed by atoms with van der Waals surface area (Å²) in [5.74, 6) is -0.269. The number of aromatic nitrogens is 12. The first-order valence-electron chi connectivity index (χ1n) is 34.2. The predicted molar refractivity (Wildman–Crippen MR) is 384 cm³/mol. The second-order valence-electron chi connectivity index (χ2n) is 26.3. The maximum atomic E-state index is 15.1. The maximum Gasteiger partial charge on any atom is 0.252 e. The summed E-state index contributed by atoms with van der Waals surface area (Å²) in [5, 5.41) is 25.3. The first kappa shape index (κ1) is 67.2. The van der Waals surface area contributed by atoms with E-state index in [1.54, 1.807) is 30.3 Å². The van der Waals surface area contributed by atoms with Crippen LogP contribution in [0.3, 0.4) is 0 Å². The highest BCUT2D eigenvalue weighted by atomic mass is 19.1. The molecule has 6 aromatic carbocycles. The molecule has 15 rings (SSSR count). The molecule has 23 heteroatoms. The Morgan fingerprint density at radius 3 is 1.23 bits per heavy atom. The largest absolute Gasteiger partial charge is 0.383 e. The van der Waals surface area contributed by atoms with Crippen LogP contribution in [0.5, 0.6) is 0 Å². The summed E-state index contributed by atoms with van der Waals surface area (Å²) in [4.78, 5) is 63.7. The molecule has 3 aliphatic rings. The molecule has 9 N–H and O–H groups in total. The summed E-state index contributed by atoms with van der Waals surface area (Å²) in [6, 6.07) is 39.3. The van der Waals surface area contributed by atoms with Gasteiger partial charge in [0.2, 0.25) is 0 Å². The molecule has 0 spiro atoms. The normalized spacial score (nSPS) is 14.4. The molecule has 6 heterocycles. The van der Waals surface area contributed by atoms with Gasteiger partial charge in [0.25, 0.3) is 17.7 Å². The topological polar surface area (TPSA) is 296 Å². The van der Waals surface area contributed by atoms with Crippen molar-refractivity contribution in [1.82, 2.24) is 75.2 Å². The van der Waals surface area contributed by atoms with Gasteiger partial charge in [0.15, 0.2) is 16.9 Å². The number of hydrogen-bond acceptors (Lipinski definition) is 15. The molecular formula is C77H80F2N18O3. The average Bonchev–Trinajstić information content (AvgIpc) is 1.62. The van der Waals surface area contributed by atoms with E-state index in [9.17, 15) is 14.4 Å². The Morgan fingerprint density at radius 2 is 0.820 bits per heavy atom. The summed E-state index contributed by atoms with van der Waals surface area (Å²) in [6.45, 7) is 9.79. The van der Waals surface area contributed by atoms with Crippen LogP contribution in [-0.2, 0) is 13.1 Å². The van der Waals surface area contributed by atoms with E-state index >= 15 is 8.78 Å². The smallest absolute Gasteiger partial charge is 0.252 e. The SMILES string of the molecule is Cc1ccc(C)c(C(=O)NCc2ccc(-c3nn(C4CCCC4)c4ncnc(N)c34)cc2F)c1.Cc1ccccc1C(=O)NC(C)c1ccc(-c2nn(C3CCCC3)c3ncnc(N)c23)cc1.Cc1ccccc1C(=O)NCc1ccc(-c2nn(C3CCCC3)c3ncnc(N)c23)cc1F. The fourth-order valence-electron chi connectivity index (χ4n) is 13.9. The van der Waals surface area contributed by atoms with Gasteiger partial charge >= 0.3 is 0 Å². The van der Waals surface area contributed by atoms with Crippen LogP contribution in [0.25, 0.3) is 66.9 Å². The zero-order valence-corrected chi connectivity index (χ0v) is 56.6. The molecular weight excluding hydrogens is 1260 g/mol. The third kappa shape index (κ3) is 14.1. The minimum atomic E-state index is -0.420. The fourth-order valence-corrected chi connectivity index (χ4v) is 13.9. The summed E-state index contributed by atoms with van der Waals surface area (Å²) in [6.07, 6.45) is 17.8. The van der Waals surface area contributed by atoms with Gasteiger partial charge in [-0.15, -0.1) is 0 Å². The number of fused-ring (bicyclic) bond motifs is 3. The summed E-state index contributed by atoms with van der Waals surface area (Å²) in [5.41, 5.74) is 32.3. The van der Waals surface area contributed by atoms with Crippen molar-refractivity contribution in [2.75, 3.05) is 17.2 Å². The van der Waals surface area contributed by atoms with Crippen LogP contribution in [0.2, 0.25) is 0 Å². The molecule has 3 amide bonds. The van der Waals surface area contributed by atoms with Crippen molar-refractivity contribution in [3.8, 4) is 33.8 Å². The second kappa shape index (κ2) is 29.4. The van der Waals surface area contributed by atoms with E-state index in [1.165, 1.54) is 44.0 Å². The summed E-state index contributed by atoms with van der Waals surface area (Å²) < 4.78 is 36.0. The van der Waals surface area contributed by atoms with Crippen LogP contribution in [0.1, 0.15) is 178 Å². The molecule has 3 saturated carbocycles.